The molecule has 0 aromatic heterocycles. The lowest BCUT2D eigenvalue weighted by molar-refractivity contribution is -0.123. The minimum Gasteiger partial charge on any atom is -0.355 e. The van der Waals surface area contributed by atoms with E-state index in [1.165, 1.54) is 6.42 Å². The third kappa shape index (κ3) is 5.03. The molecule has 2 fully saturated rings. The number of benzene rings is 1. The maximum atomic E-state index is 12.1. The van der Waals surface area contributed by atoms with Crippen molar-refractivity contribution in [3.63, 3.8) is 0 Å². The number of nitrogens with zero attached hydrogens (tertiary/aromatic N) is 1. The van der Waals surface area contributed by atoms with Crippen LogP contribution in [0.3, 0.4) is 0 Å². The van der Waals surface area contributed by atoms with Crippen molar-refractivity contribution in [3.8, 4) is 0 Å². The molecule has 7 heteroatoms. The zero-order valence-electron chi connectivity index (χ0n) is 14.2. The van der Waals surface area contributed by atoms with E-state index in [0.717, 1.165) is 25.9 Å². The summed E-state index contributed by atoms with van der Waals surface area (Å²) in [5.74, 6) is -0.599. The van der Waals surface area contributed by atoms with Gasteiger partial charge in [-0.1, -0.05) is 6.42 Å². The third-order valence-corrected chi connectivity index (χ3v) is 4.60. The lowest BCUT2D eigenvalue weighted by Crippen LogP contribution is -2.36. The van der Waals surface area contributed by atoms with Crippen molar-refractivity contribution in [2.45, 2.75) is 25.7 Å². The molecule has 0 saturated carbocycles. The molecule has 134 valence electrons. The summed E-state index contributed by atoms with van der Waals surface area (Å²) in [4.78, 5) is 37.5. The Balaban J connectivity index is 1.47. The number of carbonyl (C=O) groups excluding carboxylic acids is 3. The van der Waals surface area contributed by atoms with Gasteiger partial charge in [0.05, 0.1) is 12.5 Å². The first-order chi connectivity index (χ1) is 12.1. The number of nitrogens with one attached hydrogen (secondary N) is 3. The van der Waals surface area contributed by atoms with E-state index in [1.807, 2.05) is 0 Å². The van der Waals surface area contributed by atoms with Crippen molar-refractivity contribution in [1.29, 1.82) is 0 Å². The molecule has 2 saturated heterocycles. The molecule has 3 amide bonds. The monoisotopic (exact) mass is 344 g/mol. The first-order valence-electron chi connectivity index (χ1n) is 8.80. The van der Waals surface area contributed by atoms with Crippen LogP contribution in [0.15, 0.2) is 24.3 Å². The van der Waals surface area contributed by atoms with Gasteiger partial charge in [-0.25, -0.2) is 0 Å². The van der Waals surface area contributed by atoms with E-state index >= 15 is 0 Å². The van der Waals surface area contributed by atoms with E-state index in [4.69, 9.17) is 0 Å². The molecule has 1 aromatic carbocycles. The van der Waals surface area contributed by atoms with Gasteiger partial charge in [-0.05, 0) is 50.2 Å². The SMILES string of the molecule is O=C1CC(C(=O)Nc2ccc(NC(=O)CN3CCCCC3)cc2)CN1. The van der Waals surface area contributed by atoms with Gasteiger partial charge in [-0.2, -0.15) is 0 Å². The number of rotatable bonds is 5. The Kier molecular flexibility index (Phi) is 5.65. The number of hydrogen-bond donors (Lipinski definition) is 3. The van der Waals surface area contributed by atoms with Gasteiger partial charge in [0, 0.05) is 24.3 Å². The fourth-order valence-electron chi connectivity index (χ4n) is 3.19. The Bertz CT molecular complexity index is 638. The van der Waals surface area contributed by atoms with Crippen LogP contribution in [0.5, 0.6) is 0 Å². The van der Waals surface area contributed by atoms with Crippen LogP contribution in [-0.4, -0.2) is 48.8 Å². The summed E-state index contributed by atoms with van der Waals surface area (Å²) in [6.45, 7) is 2.77. The molecule has 0 radical (unpaired) electrons. The molecule has 25 heavy (non-hydrogen) atoms. The van der Waals surface area contributed by atoms with Gasteiger partial charge in [-0.15, -0.1) is 0 Å². The highest BCUT2D eigenvalue weighted by atomic mass is 16.2. The summed E-state index contributed by atoms with van der Waals surface area (Å²) < 4.78 is 0. The summed E-state index contributed by atoms with van der Waals surface area (Å²) in [5, 5.41) is 8.33. The highest BCUT2D eigenvalue weighted by Crippen LogP contribution is 2.17. The van der Waals surface area contributed by atoms with Crippen molar-refractivity contribution in [1.82, 2.24) is 10.2 Å². The van der Waals surface area contributed by atoms with E-state index < -0.39 is 0 Å². The fraction of sp³-hybridized carbons (Fsp3) is 0.500. The molecule has 0 spiro atoms. The lowest BCUT2D eigenvalue weighted by Gasteiger charge is -2.25. The molecule has 0 aliphatic carbocycles. The molecule has 7 nitrogen and oxygen atoms in total. The smallest absolute Gasteiger partial charge is 0.238 e. The van der Waals surface area contributed by atoms with E-state index in [-0.39, 0.29) is 30.1 Å². The van der Waals surface area contributed by atoms with Gasteiger partial charge in [0.2, 0.25) is 17.7 Å². The predicted octanol–water partition coefficient (Wildman–Crippen LogP) is 1.19. The van der Waals surface area contributed by atoms with Crippen molar-refractivity contribution in [3.05, 3.63) is 24.3 Å². The van der Waals surface area contributed by atoms with Crippen LogP contribution >= 0.6 is 0 Å². The van der Waals surface area contributed by atoms with Gasteiger partial charge in [0.1, 0.15) is 0 Å². The number of likely N-dealkylation sites (tertiary alicyclic amines) is 1. The molecular formula is C18H24N4O3. The Labute approximate surface area is 147 Å². The summed E-state index contributed by atoms with van der Waals surface area (Å²) in [6, 6.07) is 7.03. The van der Waals surface area contributed by atoms with Gasteiger partial charge in [0.15, 0.2) is 0 Å². The van der Waals surface area contributed by atoms with Gasteiger partial charge in [0.25, 0.3) is 0 Å². The maximum Gasteiger partial charge on any atom is 0.238 e. The van der Waals surface area contributed by atoms with Crippen molar-refractivity contribution in [2.75, 3.05) is 36.8 Å². The molecule has 3 N–H and O–H groups in total. The molecule has 1 unspecified atom stereocenters. The standard InChI is InChI=1S/C18H24N4O3/c23-16-10-13(11-19-16)18(25)21-15-6-4-14(5-7-15)20-17(24)12-22-8-2-1-3-9-22/h4-7,13H,1-3,8-12H2,(H,19,23)(H,20,24)(H,21,25). The minimum atomic E-state index is -0.323. The van der Waals surface area contributed by atoms with Crippen molar-refractivity contribution in [2.24, 2.45) is 5.92 Å². The molecule has 3 rings (SSSR count). The summed E-state index contributed by atoms with van der Waals surface area (Å²) in [5.41, 5.74) is 1.36. The number of amides is 3. The van der Waals surface area contributed by atoms with Crippen molar-refractivity contribution < 1.29 is 14.4 Å². The second-order valence-corrected chi connectivity index (χ2v) is 6.66. The largest absolute Gasteiger partial charge is 0.355 e. The van der Waals surface area contributed by atoms with Crippen LogP contribution in [-0.2, 0) is 14.4 Å². The predicted molar refractivity (Wildman–Crippen MR) is 95.1 cm³/mol. The summed E-state index contributed by atoms with van der Waals surface area (Å²) in [6.07, 6.45) is 3.79. The van der Waals surface area contributed by atoms with Gasteiger partial charge in [-0.3, -0.25) is 19.3 Å². The van der Waals surface area contributed by atoms with Crippen molar-refractivity contribution >= 4 is 29.1 Å². The van der Waals surface area contributed by atoms with E-state index in [1.54, 1.807) is 24.3 Å². The summed E-state index contributed by atoms with van der Waals surface area (Å²) in [7, 11) is 0. The fourth-order valence-corrected chi connectivity index (χ4v) is 3.19. The number of piperidine rings is 1. The topological polar surface area (TPSA) is 90.5 Å². The zero-order chi connectivity index (χ0) is 17.6. The van der Waals surface area contributed by atoms with E-state index in [2.05, 4.69) is 20.9 Å². The van der Waals surface area contributed by atoms with Gasteiger partial charge >= 0.3 is 0 Å². The zero-order valence-corrected chi connectivity index (χ0v) is 14.2. The molecule has 1 aromatic rings. The van der Waals surface area contributed by atoms with Crippen LogP contribution in [0.2, 0.25) is 0 Å². The van der Waals surface area contributed by atoms with Crippen LogP contribution in [0.4, 0.5) is 11.4 Å². The van der Waals surface area contributed by atoms with E-state index in [9.17, 15) is 14.4 Å². The first kappa shape index (κ1) is 17.4. The maximum absolute atomic E-state index is 12.1. The van der Waals surface area contributed by atoms with Crippen LogP contribution < -0.4 is 16.0 Å². The van der Waals surface area contributed by atoms with Crippen LogP contribution in [0.1, 0.15) is 25.7 Å². The Hall–Kier alpha value is -2.41. The highest BCUT2D eigenvalue weighted by molar-refractivity contribution is 5.97. The highest BCUT2D eigenvalue weighted by Gasteiger charge is 2.27. The van der Waals surface area contributed by atoms with Gasteiger partial charge < -0.3 is 16.0 Å². The Morgan fingerprint density at radius 1 is 1.04 bits per heavy atom. The number of anilines is 2. The van der Waals surface area contributed by atoms with Crippen LogP contribution in [0.25, 0.3) is 0 Å². The molecule has 2 aliphatic rings. The van der Waals surface area contributed by atoms with E-state index in [0.29, 0.717) is 24.5 Å². The average Bonchev–Trinajstić information content (AvgIpc) is 3.04. The summed E-state index contributed by atoms with van der Waals surface area (Å²) >= 11 is 0. The second-order valence-electron chi connectivity index (χ2n) is 6.66. The quantitative estimate of drug-likeness (QED) is 0.748. The lowest BCUT2D eigenvalue weighted by atomic mass is 10.1. The number of carbonyl (C=O) groups is 3. The second kappa shape index (κ2) is 8.11. The molecule has 2 heterocycles. The molecular weight excluding hydrogens is 320 g/mol. The normalized spacial score (nSPS) is 20.8. The first-order valence-corrected chi connectivity index (χ1v) is 8.80. The Morgan fingerprint density at radius 2 is 1.68 bits per heavy atom. The minimum absolute atomic E-state index is 0.0192. The molecule has 1 atom stereocenters. The molecule has 2 aliphatic heterocycles. The Morgan fingerprint density at radius 3 is 2.28 bits per heavy atom. The third-order valence-electron chi connectivity index (χ3n) is 4.60. The molecule has 0 bridgehead atoms. The number of hydrogen-bond acceptors (Lipinski definition) is 4. The van der Waals surface area contributed by atoms with Crippen LogP contribution in [0, 0.1) is 5.92 Å². The average molecular weight is 344 g/mol.